The van der Waals surface area contributed by atoms with Crippen LogP contribution in [-0.4, -0.2) is 13.3 Å². The predicted molar refractivity (Wildman–Crippen MR) is 83.1 cm³/mol. The third-order valence-corrected chi connectivity index (χ3v) is 3.74. The quantitative estimate of drug-likeness (QED) is 0.762. The molecule has 0 saturated heterocycles. The van der Waals surface area contributed by atoms with Gasteiger partial charge in [0.15, 0.2) is 0 Å². The number of halogens is 2. The van der Waals surface area contributed by atoms with Gasteiger partial charge in [-0.05, 0) is 51.8 Å². The van der Waals surface area contributed by atoms with Crippen molar-refractivity contribution in [2.45, 2.75) is 6.54 Å². The molecule has 0 aliphatic carbocycles. The van der Waals surface area contributed by atoms with E-state index in [1.807, 2.05) is 49.5 Å². The van der Waals surface area contributed by atoms with Gasteiger partial charge in [-0.25, -0.2) is 0 Å². The summed E-state index contributed by atoms with van der Waals surface area (Å²) in [6.45, 7) is 0.774. The Hall–Kier alpha value is -1.32. The second-order valence-corrected chi connectivity index (χ2v) is 5.60. The van der Waals surface area contributed by atoms with Crippen LogP contribution in [0.25, 0.3) is 0 Å². The smallest absolute Gasteiger partial charge is 0.150 e. The van der Waals surface area contributed by atoms with Crippen molar-refractivity contribution in [3.63, 3.8) is 0 Å². The van der Waals surface area contributed by atoms with Crippen LogP contribution in [0.2, 0.25) is 5.02 Å². The molecule has 98 valence electrons. The maximum Gasteiger partial charge on any atom is 0.150 e. The molecular weight excluding hydrogens is 326 g/mol. The van der Waals surface area contributed by atoms with Gasteiger partial charge in [-0.15, -0.1) is 0 Å². The summed E-state index contributed by atoms with van der Waals surface area (Å²) >= 11 is 9.36. The van der Waals surface area contributed by atoms with Gasteiger partial charge in [-0.2, -0.15) is 0 Å². The Bertz CT molecular complexity index is 583. The van der Waals surface area contributed by atoms with Gasteiger partial charge < -0.3 is 4.90 Å². The molecule has 2 aromatic rings. The zero-order chi connectivity index (χ0) is 13.8. The van der Waals surface area contributed by atoms with Crippen LogP contribution in [-0.2, 0) is 6.54 Å². The second-order valence-electron chi connectivity index (χ2n) is 4.31. The lowest BCUT2D eigenvalue weighted by molar-refractivity contribution is 0.112. The maximum atomic E-state index is 10.7. The summed E-state index contributed by atoms with van der Waals surface area (Å²) in [5.74, 6) is 0. The summed E-state index contributed by atoms with van der Waals surface area (Å²) in [6, 6.07) is 13.3. The van der Waals surface area contributed by atoms with Crippen molar-refractivity contribution in [3.8, 4) is 0 Å². The van der Waals surface area contributed by atoms with Gasteiger partial charge in [-0.3, -0.25) is 4.79 Å². The number of carbonyl (C=O) groups is 1. The van der Waals surface area contributed by atoms with E-state index in [4.69, 9.17) is 11.6 Å². The number of aldehydes is 1. The van der Waals surface area contributed by atoms with E-state index >= 15 is 0 Å². The number of nitrogens with zero attached hydrogens (tertiary/aromatic N) is 1. The van der Waals surface area contributed by atoms with E-state index in [0.29, 0.717) is 5.56 Å². The van der Waals surface area contributed by atoms with E-state index in [1.54, 1.807) is 0 Å². The molecule has 4 heteroatoms. The average Bonchev–Trinajstić information content (AvgIpc) is 2.41. The minimum atomic E-state index is 0.663. The van der Waals surface area contributed by atoms with Crippen molar-refractivity contribution in [1.82, 2.24) is 0 Å². The van der Waals surface area contributed by atoms with Crippen LogP contribution in [0.3, 0.4) is 0 Å². The lowest BCUT2D eigenvalue weighted by atomic mass is 10.2. The molecule has 0 radical (unpaired) electrons. The molecule has 19 heavy (non-hydrogen) atoms. The van der Waals surface area contributed by atoms with E-state index in [9.17, 15) is 4.79 Å². The normalized spacial score (nSPS) is 10.3. The van der Waals surface area contributed by atoms with Crippen LogP contribution in [0, 0.1) is 0 Å². The van der Waals surface area contributed by atoms with Crippen LogP contribution in [0.1, 0.15) is 15.9 Å². The molecule has 0 fully saturated rings. The van der Waals surface area contributed by atoms with Crippen LogP contribution < -0.4 is 4.90 Å². The van der Waals surface area contributed by atoms with Crippen molar-refractivity contribution in [2.75, 3.05) is 11.9 Å². The summed E-state index contributed by atoms with van der Waals surface area (Å²) in [5, 5.41) is 0.739. The van der Waals surface area contributed by atoms with E-state index in [2.05, 4.69) is 20.8 Å². The summed E-state index contributed by atoms with van der Waals surface area (Å²) in [4.78, 5) is 12.8. The van der Waals surface area contributed by atoms with Gasteiger partial charge in [0.25, 0.3) is 0 Å². The van der Waals surface area contributed by atoms with E-state index in [0.717, 1.165) is 28.0 Å². The molecule has 0 N–H and O–H groups in total. The Morgan fingerprint density at radius 3 is 2.47 bits per heavy atom. The van der Waals surface area contributed by atoms with Crippen LogP contribution in [0.15, 0.2) is 46.9 Å². The Morgan fingerprint density at radius 1 is 1.21 bits per heavy atom. The minimum absolute atomic E-state index is 0.663. The zero-order valence-corrected chi connectivity index (χ0v) is 12.8. The molecule has 0 spiro atoms. The number of carbonyl (C=O) groups excluding carboxylic acids is 1. The summed E-state index contributed by atoms with van der Waals surface area (Å²) in [6.07, 6.45) is 0.841. The molecule has 2 aromatic carbocycles. The number of hydrogen-bond donors (Lipinski definition) is 0. The molecule has 0 saturated carbocycles. The third kappa shape index (κ3) is 3.58. The fraction of sp³-hybridized carbons (Fsp3) is 0.133. The molecule has 0 aromatic heterocycles. The molecule has 0 aliphatic heterocycles. The van der Waals surface area contributed by atoms with Gasteiger partial charge in [0.2, 0.25) is 0 Å². The molecule has 0 aliphatic rings. The number of hydrogen-bond acceptors (Lipinski definition) is 2. The summed E-state index contributed by atoms with van der Waals surface area (Å²) < 4.78 is 0.911. The first-order valence-corrected chi connectivity index (χ1v) is 6.97. The van der Waals surface area contributed by atoms with Crippen molar-refractivity contribution >= 4 is 39.5 Å². The highest BCUT2D eigenvalue weighted by Crippen LogP contribution is 2.27. The standard InChI is InChI=1S/C15H13BrClNO/c1-18(9-11-2-5-13(17)6-3-11)15-7-4-12(10-19)8-14(15)16/h2-8,10H,9H2,1H3. The molecule has 0 atom stereocenters. The molecule has 0 amide bonds. The average molecular weight is 339 g/mol. The first-order valence-electron chi connectivity index (χ1n) is 5.80. The molecule has 2 rings (SSSR count). The Balaban J connectivity index is 2.17. The van der Waals surface area contributed by atoms with Gasteiger partial charge in [0, 0.05) is 28.7 Å². The topological polar surface area (TPSA) is 20.3 Å². The Kier molecular flexibility index (Phi) is 4.61. The van der Waals surface area contributed by atoms with Gasteiger partial charge in [-0.1, -0.05) is 23.7 Å². The zero-order valence-electron chi connectivity index (χ0n) is 10.4. The first kappa shape index (κ1) is 14.1. The van der Waals surface area contributed by atoms with E-state index in [-0.39, 0.29) is 0 Å². The highest BCUT2D eigenvalue weighted by Gasteiger charge is 2.07. The van der Waals surface area contributed by atoms with Crippen LogP contribution in [0.4, 0.5) is 5.69 Å². The van der Waals surface area contributed by atoms with Crippen LogP contribution in [0.5, 0.6) is 0 Å². The van der Waals surface area contributed by atoms with Crippen LogP contribution >= 0.6 is 27.5 Å². The highest BCUT2D eigenvalue weighted by molar-refractivity contribution is 9.10. The first-order chi connectivity index (χ1) is 9.10. The van der Waals surface area contributed by atoms with E-state index < -0.39 is 0 Å². The molecule has 2 nitrogen and oxygen atoms in total. The molecule has 0 heterocycles. The largest absolute Gasteiger partial charge is 0.369 e. The number of benzene rings is 2. The fourth-order valence-electron chi connectivity index (χ4n) is 1.85. The maximum absolute atomic E-state index is 10.7. The highest BCUT2D eigenvalue weighted by atomic mass is 79.9. The van der Waals surface area contributed by atoms with E-state index in [1.165, 1.54) is 5.56 Å². The number of anilines is 1. The summed E-state index contributed by atoms with van der Waals surface area (Å²) in [5.41, 5.74) is 2.88. The molecule has 0 unspecified atom stereocenters. The predicted octanol–water partition coefficient (Wildman–Crippen LogP) is 4.55. The van der Waals surface area contributed by atoms with Gasteiger partial charge in [0.05, 0.1) is 5.69 Å². The van der Waals surface area contributed by atoms with Crippen molar-refractivity contribution in [3.05, 3.63) is 63.1 Å². The molecular formula is C15H13BrClNO. The summed E-state index contributed by atoms with van der Waals surface area (Å²) in [7, 11) is 2.01. The Labute approximate surface area is 126 Å². The van der Waals surface area contributed by atoms with Crippen molar-refractivity contribution in [2.24, 2.45) is 0 Å². The van der Waals surface area contributed by atoms with Crippen molar-refractivity contribution < 1.29 is 4.79 Å². The fourth-order valence-corrected chi connectivity index (χ4v) is 2.68. The molecule has 0 bridgehead atoms. The van der Waals surface area contributed by atoms with Gasteiger partial charge >= 0.3 is 0 Å². The monoisotopic (exact) mass is 337 g/mol. The minimum Gasteiger partial charge on any atom is -0.369 e. The third-order valence-electron chi connectivity index (χ3n) is 2.85. The van der Waals surface area contributed by atoms with Gasteiger partial charge in [0.1, 0.15) is 6.29 Å². The SMILES string of the molecule is CN(Cc1ccc(Cl)cc1)c1ccc(C=O)cc1Br. The Morgan fingerprint density at radius 2 is 1.89 bits per heavy atom. The lowest BCUT2D eigenvalue weighted by Crippen LogP contribution is -2.16. The second kappa shape index (κ2) is 6.22. The lowest BCUT2D eigenvalue weighted by Gasteiger charge is -2.21. The number of rotatable bonds is 4. The van der Waals surface area contributed by atoms with Crippen molar-refractivity contribution in [1.29, 1.82) is 0 Å².